The Morgan fingerprint density at radius 2 is 1.90 bits per heavy atom. The topological polar surface area (TPSA) is 44.8 Å². The summed E-state index contributed by atoms with van der Waals surface area (Å²) < 4.78 is 5.42. The molecule has 0 radical (unpaired) electrons. The molecule has 0 saturated carbocycles. The van der Waals surface area contributed by atoms with Crippen LogP contribution in [0.3, 0.4) is 0 Å². The number of hydrogen-bond acceptors (Lipinski definition) is 4. The Kier molecular flexibility index (Phi) is 5.44. The van der Waals surface area contributed by atoms with Gasteiger partial charge in [0.25, 0.3) is 0 Å². The van der Waals surface area contributed by atoms with E-state index in [1.165, 1.54) is 0 Å². The van der Waals surface area contributed by atoms with Gasteiger partial charge in [0.15, 0.2) is 0 Å². The number of hydrogen-bond donors (Lipinski definition) is 1. The molecular formula is C15H31N3O2. The average molecular weight is 285 g/mol. The molecule has 1 N–H and O–H groups in total. The summed E-state index contributed by atoms with van der Waals surface area (Å²) in [5.41, 5.74) is -0.381. The lowest BCUT2D eigenvalue weighted by atomic mass is 10.0. The van der Waals surface area contributed by atoms with Crippen LogP contribution in [0.1, 0.15) is 41.0 Å². The monoisotopic (exact) mass is 285 g/mol. The first-order valence-corrected chi connectivity index (χ1v) is 7.39. The lowest BCUT2D eigenvalue weighted by molar-refractivity contribution is -0.00624. The molecule has 1 aliphatic heterocycles. The van der Waals surface area contributed by atoms with Crippen LogP contribution in [0.5, 0.6) is 0 Å². The van der Waals surface area contributed by atoms with Crippen LogP contribution in [0.25, 0.3) is 0 Å². The van der Waals surface area contributed by atoms with Crippen molar-refractivity contribution >= 4 is 6.09 Å². The number of rotatable bonds is 5. The Hall–Kier alpha value is -0.810. The van der Waals surface area contributed by atoms with E-state index in [-0.39, 0.29) is 17.7 Å². The molecule has 0 aromatic heterocycles. The van der Waals surface area contributed by atoms with Crippen LogP contribution < -0.4 is 5.32 Å². The maximum absolute atomic E-state index is 12.0. The molecule has 20 heavy (non-hydrogen) atoms. The number of likely N-dealkylation sites (tertiary alicyclic amines) is 1. The minimum absolute atomic E-state index is 0.0404. The van der Waals surface area contributed by atoms with Gasteiger partial charge in [-0.2, -0.15) is 0 Å². The average Bonchev–Trinajstić information content (AvgIpc) is 2.09. The van der Waals surface area contributed by atoms with Crippen molar-refractivity contribution in [3.63, 3.8) is 0 Å². The van der Waals surface area contributed by atoms with Gasteiger partial charge in [-0.15, -0.1) is 0 Å². The van der Waals surface area contributed by atoms with Gasteiger partial charge in [0, 0.05) is 31.2 Å². The second kappa shape index (κ2) is 6.31. The first kappa shape index (κ1) is 17.2. The number of carbonyl (C=O) groups is 1. The lowest BCUT2D eigenvalue weighted by Gasteiger charge is -2.43. The summed E-state index contributed by atoms with van der Waals surface area (Å²) in [5, 5.41) is 3.55. The molecule has 1 heterocycles. The van der Waals surface area contributed by atoms with E-state index in [1.54, 1.807) is 0 Å². The van der Waals surface area contributed by atoms with Crippen LogP contribution in [0, 0.1) is 0 Å². The first-order chi connectivity index (χ1) is 9.00. The zero-order chi connectivity index (χ0) is 15.6. The van der Waals surface area contributed by atoms with Crippen molar-refractivity contribution in [2.24, 2.45) is 0 Å². The van der Waals surface area contributed by atoms with Crippen molar-refractivity contribution in [3.05, 3.63) is 0 Å². The molecule has 5 nitrogen and oxygen atoms in total. The smallest absolute Gasteiger partial charge is 0.410 e. The number of carbonyl (C=O) groups excluding carboxylic acids is 1. The fourth-order valence-electron chi connectivity index (χ4n) is 2.45. The highest BCUT2D eigenvalue weighted by atomic mass is 16.6. The third kappa shape index (κ3) is 5.67. The normalized spacial score (nSPS) is 20.0. The molecule has 0 aliphatic carbocycles. The summed E-state index contributed by atoms with van der Waals surface area (Å²) in [4.78, 5) is 16.0. The number of ether oxygens (including phenoxy) is 1. The van der Waals surface area contributed by atoms with E-state index >= 15 is 0 Å². The van der Waals surface area contributed by atoms with Gasteiger partial charge in [0.2, 0.25) is 0 Å². The van der Waals surface area contributed by atoms with Crippen LogP contribution in [0.4, 0.5) is 4.79 Å². The second-order valence-corrected chi connectivity index (χ2v) is 7.62. The maximum atomic E-state index is 12.0. The molecule has 1 saturated heterocycles. The van der Waals surface area contributed by atoms with E-state index < -0.39 is 5.60 Å². The van der Waals surface area contributed by atoms with Crippen molar-refractivity contribution in [2.75, 3.05) is 33.7 Å². The fourth-order valence-corrected chi connectivity index (χ4v) is 2.45. The highest BCUT2D eigenvalue weighted by Crippen LogP contribution is 2.21. The summed E-state index contributed by atoms with van der Waals surface area (Å²) in [6.07, 6.45) is 0.852. The van der Waals surface area contributed by atoms with Crippen molar-refractivity contribution in [2.45, 2.75) is 58.2 Å². The van der Waals surface area contributed by atoms with Gasteiger partial charge in [-0.3, -0.25) is 0 Å². The van der Waals surface area contributed by atoms with Crippen molar-refractivity contribution < 1.29 is 9.53 Å². The Labute approximate surface area is 123 Å². The SMILES string of the molecule is CN(C)CC(C)(C)NCC1CCN1C(=O)OC(C)(C)C. The maximum Gasteiger partial charge on any atom is 0.410 e. The first-order valence-electron chi connectivity index (χ1n) is 7.39. The third-order valence-corrected chi connectivity index (χ3v) is 3.30. The Morgan fingerprint density at radius 1 is 1.30 bits per heavy atom. The van der Waals surface area contributed by atoms with Crippen LogP contribution in [-0.4, -0.2) is 66.8 Å². The third-order valence-electron chi connectivity index (χ3n) is 3.30. The largest absolute Gasteiger partial charge is 0.444 e. The van der Waals surface area contributed by atoms with E-state index in [2.05, 4.69) is 38.2 Å². The van der Waals surface area contributed by atoms with Crippen molar-refractivity contribution in [1.82, 2.24) is 15.1 Å². The number of likely N-dealkylation sites (N-methyl/N-ethyl adjacent to an activating group) is 1. The molecule has 0 bridgehead atoms. The highest BCUT2D eigenvalue weighted by Gasteiger charge is 2.35. The summed E-state index contributed by atoms with van der Waals surface area (Å²) in [5.74, 6) is 0. The van der Waals surface area contributed by atoms with E-state index in [0.717, 1.165) is 26.1 Å². The zero-order valence-corrected chi connectivity index (χ0v) is 14.1. The van der Waals surface area contributed by atoms with Gasteiger partial charge in [0.1, 0.15) is 5.60 Å². The minimum atomic E-state index is -0.422. The molecule has 1 fully saturated rings. The number of nitrogens with one attached hydrogen (secondary N) is 1. The number of nitrogens with zero attached hydrogens (tertiary/aromatic N) is 2. The predicted octanol–water partition coefficient (Wildman–Crippen LogP) is 1.93. The van der Waals surface area contributed by atoms with E-state index in [1.807, 2.05) is 25.7 Å². The molecule has 0 spiro atoms. The molecule has 0 aromatic rings. The molecule has 1 atom stereocenters. The second-order valence-electron chi connectivity index (χ2n) is 7.62. The van der Waals surface area contributed by atoms with Crippen molar-refractivity contribution in [1.29, 1.82) is 0 Å². The molecule has 1 amide bonds. The van der Waals surface area contributed by atoms with Gasteiger partial charge in [-0.25, -0.2) is 4.79 Å². The van der Waals surface area contributed by atoms with Crippen LogP contribution in [0.2, 0.25) is 0 Å². The Balaban J connectivity index is 2.40. The van der Waals surface area contributed by atoms with E-state index in [9.17, 15) is 4.79 Å². The molecule has 5 heteroatoms. The van der Waals surface area contributed by atoms with Gasteiger partial charge >= 0.3 is 6.09 Å². The summed E-state index contributed by atoms with van der Waals surface area (Å²) in [6.45, 7) is 12.7. The minimum Gasteiger partial charge on any atom is -0.444 e. The molecule has 1 aliphatic rings. The number of amides is 1. The molecule has 0 aromatic carbocycles. The Bertz CT molecular complexity index is 335. The predicted molar refractivity (Wildman–Crippen MR) is 82.0 cm³/mol. The van der Waals surface area contributed by atoms with E-state index in [0.29, 0.717) is 0 Å². The van der Waals surface area contributed by atoms with Crippen LogP contribution >= 0.6 is 0 Å². The summed E-state index contributed by atoms with van der Waals surface area (Å²) in [7, 11) is 4.14. The standard InChI is InChI=1S/C15H31N3O2/c1-14(2,3)20-13(19)18-9-8-12(18)10-16-15(4,5)11-17(6)7/h12,16H,8-11H2,1-7H3. The van der Waals surface area contributed by atoms with Crippen LogP contribution in [0.15, 0.2) is 0 Å². The zero-order valence-electron chi connectivity index (χ0n) is 14.1. The Morgan fingerprint density at radius 3 is 2.30 bits per heavy atom. The summed E-state index contributed by atoms with van der Waals surface area (Å²) in [6, 6.07) is 0.256. The molecule has 1 rings (SSSR count). The van der Waals surface area contributed by atoms with Gasteiger partial charge in [-0.1, -0.05) is 0 Å². The molecule has 1 unspecified atom stereocenters. The van der Waals surface area contributed by atoms with Gasteiger partial charge in [0.05, 0.1) is 0 Å². The van der Waals surface area contributed by atoms with Crippen molar-refractivity contribution in [3.8, 4) is 0 Å². The summed E-state index contributed by atoms with van der Waals surface area (Å²) >= 11 is 0. The fraction of sp³-hybridized carbons (Fsp3) is 0.933. The molecule has 118 valence electrons. The molecular weight excluding hydrogens is 254 g/mol. The van der Waals surface area contributed by atoms with Crippen LogP contribution in [-0.2, 0) is 4.74 Å². The van der Waals surface area contributed by atoms with Gasteiger partial charge < -0.3 is 19.9 Å². The lowest BCUT2D eigenvalue weighted by Crippen LogP contribution is -2.59. The highest BCUT2D eigenvalue weighted by molar-refractivity contribution is 5.69. The van der Waals surface area contributed by atoms with E-state index in [4.69, 9.17) is 4.74 Å². The van der Waals surface area contributed by atoms with Gasteiger partial charge in [-0.05, 0) is 55.1 Å². The quantitative estimate of drug-likeness (QED) is 0.838.